The molecule has 1 heterocycles. The molecule has 2 rings (SSSR count). The summed E-state index contributed by atoms with van der Waals surface area (Å²) in [6, 6.07) is 3.90. The number of aliphatic hydroxyl groups excluding tert-OH is 1. The van der Waals surface area contributed by atoms with E-state index in [4.69, 9.17) is 11.6 Å². The fraction of sp³-hybridized carbons (Fsp3) is 0.538. The molecule has 0 unspecified atom stereocenters. The Morgan fingerprint density at radius 1 is 1.38 bits per heavy atom. The number of halogens is 1. The van der Waals surface area contributed by atoms with Gasteiger partial charge in [0.1, 0.15) is 0 Å². The van der Waals surface area contributed by atoms with Crippen molar-refractivity contribution >= 4 is 17.3 Å². The number of hydrogen-bond donors (Lipinski definition) is 2. The van der Waals surface area contributed by atoms with Gasteiger partial charge in [-0.3, -0.25) is 0 Å². The highest BCUT2D eigenvalue weighted by molar-refractivity contribution is 6.31. The molecule has 0 fully saturated rings. The lowest BCUT2D eigenvalue weighted by atomic mass is 9.78. The van der Waals surface area contributed by atoms with Crippen molar-refractivity contribution in [3.8, 4) is 0 Å². The van der Waals surface area contributed by atoms with Crippen LogP contribution in [0, 0.1) is 6.92 Å². The topological polar surface area (TPSA) is 32.3 Å². The van der Waals surface area contributed by atoms with Crippen LogP contribution in [0.15, 0.2) is 12.1 Å². The first-order valence-electron chi connectivity index (χ1n) is 5.60. The molecule has 1 aliphatic rings. The van der Waals surface area contributed by atoms with Crippen LogP contribution in [0.2, 0.25) is 5.02 Å². The van der Waals surface area contributed by atoms with Crippen molar-refractivity contribution in [2.75, 3.05) is 5.32 Å². The van der Waals surface area contributed by atoms with Gasteiger partial charge in [-0.1, -0.05) is 24.6 Å². The summed E-state index contributed by atoms with van der Waals surface area (Å²) in [7, 11) is 0. The predicted molar refractivity (Wildman–Crippen MR) is 68.3 cm³/mol. The van der Waals surface area contributed by atoms with E-state index in [0.29, 0.717) is 0 Å². The molecule has 0 amide bonds. The van der Waals surface area contributed by atoms with E-state index in [2.05, 4.69) is 12.2 Å². The van der Waals surface area contributed by atoms with Crippen LogP contribution in [0.5, 0.6) is 0 Å². The zero-order valence-electron chi connectivity index (χ0n) is 10.1. The normalized spacial score (nSPS) is 27.1. The van der Waals surface area contributed by atoms with Crippen molar-refractivity contribution in [2.45, 2.75) is 45.3 Å². The van der Waals surface area contributed by atoms with Crippen LogP contribution >= 0.6 is 11.6 Å². The molecule has 88 valence electrons. The molecule has 3 heteroatoms. The summed E-state index contributed by atoms with van der Waals surface area (Å²) < 4.78 is 0. The van der Waals surface area contributed by atoms with Gasteiger partial charge >= 0.3 is 0 Å². The van der Waals surface area contributed by atoms with E-state index in [1.807, 2.05) is 32.9 Å². The Morgan fingerprint density at radius 2 is 2.00 bits per heavy atom. The smallest absolute Gasteiger partial charge is 0.0830 e. The summed E-state index contributed by atoms with van der Waals surface area (Å²) in [6.45, 7) is 8.09. The van der Waals surface area contributed by atoms with Gasteiger partial charge in [-0.25, -0.2) is 0 Å². The van der Waals surface area contributed by atoms with E-state index in [9.17, 15) is 5.11 Å². The molecular weight excluding hydrogens is 222 g/mol. The van der Waals surface area contributed by atoms with Gasteiger partial charge < -0.3 is 10.4 Å². The van der Waals surface area contributed by atoms with Crippen molar-refractivity contribution < 1.29 is 5.11 Å². The molecule has 0 bridgehead atoms. The highest BCUT2D eigenvalue weighted by Gasteiger charge is 2.39. The van der Waals surface area contributed by atoms with Crippen LogP contribution in [-0.4, -0.2) is 16.7 Å². The standard InChI is InChI=1S/C13H18ClNO/c1-7-9-5-6-10(14)8(2)11(9)15-13(3,4)12(7)16/h5-7,12,15-16H,1-4H3/t7-,12+/m1/s1. The lowest BCUT2D eigenvalue weighted by Gasteiger charge is -2.43. The SMILES string of the molecule is Cc1c(Cl)ccc2c1NC(C)(C)[C@@H](O)[C@@H]2C. The molecule has 0 aliphatic carbocycles. The van der Waals surface area contributed by atoms with Gasteiger partial charge in [0.2, 0.25) is 0 Å². The molecule has 2 N–H and O–H groups in total. The third-order valence-electron chi connectivity index (χ3n) is 3.58. The van der Waals surface area contributed by atoms with Crippen molar-refractivity contribution in [2.24, 2.45) is 0 Å². The fourth-order valence-electron chi connectivity index (χ4n) is 2.44. The number of hydrogen-bond acceptors (Lipinski definition) is 2. The molecule has 16 heavy (non-hydrogen) atoms. The molecule has 1 aliphatic heterocycles. The molecule has 0 saturated carbocycles. The minimum absolute atomic E-state index is 0.127. The van der Waals surface area contributed by atoms with Gasteiger partial charge in [-0.15, -0.1) is 0 Å². The fourth-order valence-corrected chi connectivity index (χ4v) is 2.60. The number of anilines is 1. The Bertz CT molecular complexity index is 428. The lowest BCUT2D eigenvalue weighted by Crippen LogP contribution is -2.50. The number of fused-ring (bicyclic) bond motifs is 1. The number of nitrogens with one attached hydrogen (secondary N) is 1. The molecule has 1 aromatic carbocycles. The van der Waals surface area contributed by atoms with Crippen LogP contribution in [0.1, 0.15) is 37.8 Å². The first-order valence-corrected chi connectivity index (χ1v) is 5.97. The highest BCUT2D eigenvalue weighted by Crippen LogP contribution is 2.42. The maximum Gasteiger partial charge on any atom is 0.0830 e. The second-order valence-corrected chi connectivity index (χ2v) is 5.62. The van der Waals surface area contributed by atoms with Crippen LogP contribution in [-0.2, 0) is 0 Å². The van der Waals surface area contributed by atoms with Crippen molar-refractivity contribution in [1.82, 2.24) is 0 Å². The van der Waals surface area contributed by atoms with Crippen molar-refractivity contribution in [3.05, 3.63) is 28.3 Å². The van der Waals surface area contributed by atoms with Crippen LogP contribution in [0.4, 0.5) is 5.69 Å². The monoisotopic (exact) mass is 239 g/mol. The molecule has 2 atom stereocenters. The first-order chi connectivity index (χ1) is 7.34. The molecule has 0 spiro atoms. The zero-order valence-corrected chi connectivity index (χ0v) is 10.9. The lowest BCUT2D eigenvalue weighted by molar-refractivity contribution is 0.0868. The summed E-state index contributed by atoms with van der Waals surface area (Å²) in [6.07, 6.45) is -0.388. The van der Waals surface area contributed by atoms with Crippen LogP contribution in [0.3, 0.4) is 0 Å². The van der Waals surface area contributed by atoms with Gasteiger partial charge in [-0.05, 0) is 38.0 Å². The van der Waals surface area contributed by atoms with E-state index in [1.165, 1.54) is 0 Å². The second kappa shape index (κ2) is 3.64. The summed E-state index contributed by atoms with van der Waals surface area (Å²) in [4.78, 5) is 0. The first kappa shape index (κ1) is 11.7. The van der Waals surface area contributed by atoms with Crippen LogP contribution in [0.25, 0.3) is 0 Å². The predicted octanol–water partition coefficient (Wildman–Crippen LogP) is 3.32. The quantitative estimate of drug-likeness (QED) is 0.728. The molecule has 0 radical (unpaired) electrons. The molecule has 1 aromatic rings. The summed E-state index contributed by atoms with van der Waals surface area (Å²) >= 11 is 6.12. The number of aliphatic hydroxyl groups is 1. The van der Waals surface area contributed by atoms with Crippen molar-refractivity contribution in [1.29, 1.82) is 0 Å². The van der Waals surface area contributed by atoms with Gasteiger partial charge in [0, 0.05) is 16.6 Å². The maximum absolute atomic E-state index is 10.2. The Morgan fingerprint density at radius 3 is 2.62 bits per heavy atom. The van der Waals surface area contributed by atoms with E-state index in [0.717, 1.165) is 21.8 Å². The van der Waals surface area contributed by atoms with E-state index >= 15 is 0 Å². The number of rotatable bonds is 0. The third-order valence-corrected chi connectivity index (χ3v) is 3.99. The van der Waals surface area contributed by atoms with Crippen molar-refractivity contribution in [3.63, 3.8) is 0 Å². The Labute approximate surface area is 102 Å². The zero-order chi connectivity index (χ0) is 12.1. The minimum atomic E-state index is -0.388. The average Bonchev–Trinajstić information content (AvgIpc) is 2.21. The Hall–Kier alpha value is -0.730. The molecule has 0 saturated heterocycles. The number of benzene rings is 1. The average molecular weight is 240 g/mol. The summed E-state index contributed by atoms with van der Waals surface area (Å²) in [5.74, 6) is 0.127. The molecule has 0 aromatic heterocycles. The Kier molecular flexibility index (Phi) is 2.67. The van der Waals surface area contributed by atoms with Gasteiger partial charge in [0.05, 0.1) is 11.6 Å². The molecular formula is C13H18ClNO. The maximum atomic E-state index is 10.2. The Balaban J connectivity index is 2.59. The summed E-state index contributed by atoms with van der Waals surface area (Å²) in [5, 5.41) is 14.4. The van der Waals surface area contributed by atoms with Crippen LogP contribution < -0.4 is 5.32 Å². The minimum Gasteiger partial charge on any atom is -0.390 e. The van der Waals surface area contributed by atoms with Gasteiger partial charge in [-0.2, -0.15) is 0 Å². The van der Waals surface area contributed by atoms with E-state index in [1.54, 1.807) is 0 Å². The van der Waals surface area contributed by atoms with Gasteiger partial charge in [0.15, 0.2) is 0 Å². The van der Waals surface area contributed by atoms with Gasteiger partial charge in [0.25, 0.3) is 0 Å². The second-order valence-electron chi connectivity index (χ2n) is 5.22. The third kappa shape index (κ3) is 1.61. The highest BCUT2D eigenvalue weighted by atomic mass is 35.5. The van der Waals surface area contributed by atoms with E-state index < -0.39 is 0 Å². The largest absolute Gasteiger partial charge is 0.390 e. The molecule has 2 nitrogen and oxygen atoms in total. The van der Waals surface area contributed by atoms with E-state index in [-0.39, 0.29) is 17.6 Å². The summed E-state index contributed by atoms with van der Waals surface area (Å²) in [5.41, 5.74) is 2.97.